The van der Waals surface area contributed by atoms with Gasteiger partial charge in [-0.2, -0.15) is 0 Å². The van der Waals surface area contributed by atoms with Crippen LogP contribution in [0.5, 0.6) is 0 Å². The topological polar surface area (TPSA) is 29.9 Å². The van der Waals surface area contributed by atoms with Gasteiger partial charge in [-0.3, -0.25) is 0 Å². The first-order valence-corrected chi connectivity index (χ1v) is 5.13. The Labute approximate surface area is 85.8 Å². The van der Waals surface area contributed by atoms with E-state index in [0.717, 1.165) is 25.9 Å². The first-order valence-electron chi connectivity index (χ1n) is 5.13. The molecule has 0 aliphatic rings. The molecular formula is C11H19N3. The average molecular weight is 193 g/mol. The van der Waals surface area contributed by atoms with E-state index in [9.17, 15) is 0 Å². The van der Waals surface area contributed by atoms with Crippen molar-refractivity contribution in [1.82, 2.24) is 14.9 Å². The highest BCUT2D eigenvalue weighted by Crippen LogP contribution is 1.93. The molecule has 0 aliphatic carbocycles. The van der Waals surface area contributed by atoms with Crippen LogP contribution in [-0.2, 0) is 6.54 Å². The molecule has 3 heteroatoms. The van der Waals surface area contributed by atoms with Crippen molar-refractivity contribution in [1.29, 1.82) is 0 Å². The fourth-order valence-corrected chi connectivity index (χ4v) is 1.36. The van der Waals surface area contributed by atoms with Crippen LogP contribution >= 0.6 is 0 Å². The molecule has 0 aliphatic heterocycles. The first-order chi connectivity index (χ1) is 6.83. The molecule has 0 aromatic carbocycles. The van der Waals surface area contributed by atoms with E-state index in [1.165, 1.54) is 0 Å². The van der Waals surface area contributed by atoms with E-state index >= 15 is 0 Å². The van der Waals surface area contributed by atoms with Crippen molar-refractivity contribution in [3.63, 3.8) is 0 Å². The Morgan fingerprint density at radius 3 is 3.14 bits per heavy atom. The fraction of sp³-hybridized carbons (Fsp3) is 0.545. The van der Waals surface area contributed by atoms with E-state index in [1.54, 1.807) is 0 Å². The Kier molecular flexibility index (Phi) is 5.00. The van der Waals surface area contributed by atoms with Crippen molar-refractivity contribution in [2.75, 3.05) is 6.54 Å². The maximum absolute atomic E-state index is 3.99. The van der Waals surface area contributed by atoms with Crippen molar-refractivity contribution >= 4 is 0 Å². The van der Waals surface area contributed by atoms with Crippen molar-refractivity contribution in [3.8, 4) is 0 Å². The molecule has 0 fully saturated rings. The first kappa shape index (κ1) is 11.0. The van der Waals surface area contributed by atoms with Gasteiger partial charge in [-0.15, -0.1) is 6.58 Å². The minimum absolute atomic E-state index is 0.537. The maximum Gasteiger partial charge on any atom is 0.0945 e. The number of nitrogens with zero attached hydrogens (tertiary/aromatic N) is 2. The summed E-state index contributed by atoms with van der Waals surface area (Å²) in [6, 6.07) is 0.537. The molecule has 1 heterocycles. The second-order valence-corrected chi connectivity index (χ2v) is 3.53. The molecular weight excluding hydrogens is 174 g/mol. The fourth-order valence-electron chi connectivity index (χ4n) is 1.36. The SMILES string of the molecule is C=CCC(C)NCCCn1ccnc1. The molecule has 1 rings (SSSR count). The third-order valence-corrected chi connectivity index (χ3v) is 2.17. The normalized spacial score (nSPS) is 12.6. The van der Waals surface area contributed by atoms with Crippen LogP contribution in [0.25, 0.3) is 0 Å². The van der Waals surface area contributed by atoms with Crippen LogP contribution in [0.15, 0.2) is 31.4 Å². The smallest absolute Gasteiger partial charge is 0.0945 e. The van der Waals surface area contributed by atoms with Gasteiger partial charge in [0.1, 0.15) is 0 Å². The maximum atomic E-state index is 3.99. The lowest BCUT2D eigenvalue weighted by molar-refractivity contribution is 0.515. The lowest BCUT2D eigenvalue weighted by atomic mass is 10.2. The van der Waals surface area contributed by atoms with E-state index in [2.05, 4.69) is 28.4 Å². The van der Waals surface area contributed by atoms with E-state index in [4.69, 9.17) is 0 Å². The van der Waals surface area contributed by atoms with Crippen LogP contribution in [-0.4, -0.2) is 22.1 Å². The number of hydrogen-bond acceptors (Lipinski definition) is 2. The summed E-state index contributed by atoms with van der Waals surface area (Å²) in [5.74, 6) is 0. The van der Waals surface area contributed by atoms with Gasteiger partial charge < -0.3 is 9.88 Å². The summed E-state index contributed by atoms with van der Waals surface area (Å²) >= 11 is 0. The van der Waals surface area contributed by atoms with Crippen LogP contribution in [0.1, 0.15) is 19.8 Å². The number of imidazole rings is 1. The van der Waals surface area contributed by atoms with Crippen LogP contribution < -0.4 is 5.32 Å². The molecule has 78 valence electrons. The number of rotatable bonds is 7. The zero-order valence-corrected chi connectivity index (χ0v) is 8.82. The predicted octanol–water partition coefficient (Wildman–Crippen LogP) is 1.83. The van der Waals surface area contributed by atoms with Crippen LogP contribution in [0, 0.1) is 0 Å². The Bertz CT molecular complexity index is 241. The third-order valence-electron chi connectivity index (χ3n) is 2.17. The molecule has 0 saturated heterocycles. The molecule has 0 saturated carbocycles. The number of aryl methyl sites for hydroxylation is 1. The summed E-state index contributed by atoms with van der Waals surface area (Å²) in [6.07, 6.45) is 9.78. The molecule has 0 spiro atoms. The zero-order chi connectivity index (χ0) is 10.2. The summed E-state index contributed by atoms with van der Waals surface area (Å²) in [4.78, 5) is 3.99. The molecule has 1 atom stereocenters. The molecule has 1 unspecified atom stereocenters. The van der Waals surface area contributed by atoms with Gasteiger partial charge in [0, 0.05) is 25.0 Å². The standard InChI is InChI=1S/C11H19N3/c1-3-5-11(2)13-6-4-8-14-9-7-12-10-14/h3,7,9-11,13H,1,4-6,8H2,2H3. The molecule has 1 aromatic rings. The minimum Gasteiger partial charge on any atom is -0.337 e. The van der Waals surface area contributed by atoms with Gasteiger partial charge >= 0.3 is 0 Å². The summed E-state index contributed by atoms with van der Waals surface area (Å²) in [5, 5.41) is 3.44. The average Bonchev–Trinajstić information content (AvgIpc) is 2.65. The largest absolute Gasteiger partial charge is 0.337 e. The summed E-state index contributed by atoms with van der Waals surface area (Å²) < 4.78 is 2.10. The summed E-state index contributed by atoms with van der Waals surface area (Å²) in [5.41, 5.74) is 0. The van der Waals surface area contributed by atoms with Gasteiger partial charge in [0.05, 0.1) is 6.33 Å². The Morgan fingerprint density at radius 1 is 1.64 bits per heavy atom. The number of nitrogens with one attached hydrogen (secondary N) is 1. The van der Waals surface area contributed by atoms with Crippen molar-refractivity contribution in [2.45, 2.75) is 32.4 Å². The number of hydrogen-bond donors (Lipinski definition) is 1. The van der Waals surface area contributed by atoms with E-state index in [-0.39, 0.29) is 0 Å². The highest BCUT2D eigenvalue weighted by atomic mass is 15.0. The van der Waals surface area contributed by atoms with Gasteiger partial charge in [0.15, 0.2) is 0 Å². The highest BCUT2D eigenvalue weighted by Gasteiger charge is 1.96. The van der Waals surface area contributed by atoms with Gasteiger partial charge in [-0.1, -0.05) is 6.08 Å². The molecule has 1 aromatic heterocycles. The lowest BCUT2D eigenvalue weighted by Crippen LogP contribution is -2.26. The van der Waals surface area contributed by atoms with Crippen molar-refractivity contribution in [2.24, 2.45) is 0 Å². The predicted molar refractivity (Wildman–Crippen MR) is 59.1 cm³/mol. The van der Waals surface area contributed by atoms with E-state index < -0.39 is 0 Å². The van der Waals surface area contributed by atoms with Crippen molar-refractivity contribution in [3.05, 3.63) is 31.4 Å². The second kappa shape index (κ2) is 6.38. The lowest BCUT2D eigenvalue weighted by Gasteiger charge is -2.11. The Balaban J connectivity index is 2.02. The Morgan fingerprint density at radius 2 is 2.50 bits per heavy atom. The molecule has 0 bridgehead atoms. The van der Waals surface area contributed by atoms with Crippen LogP contribution in [0.2, 0.25) is 0 Å². The molecule has 0 radical (unpaired) electrons. The molecule has 3 nitrogen and oxygen atoms in total. The minimum atomic E-state index is 0.537. The number of aromatic nitrogens is 2. The molecule has 14 heavy (non-hydrogen) atoms. The molecule has 1 N–H and O–H groups in total. The highest BCUT2D eigenvalue weighted by molar-refractivity contribution is 4.76. The third kappa shape index (κ3) is 4.23. The summed E-state index contributed by atoms with van der Waals surface area (Å²) in [7, 11) is 0. The van der Waals surface area contributed by atoms with E-state index in [1.807, 2.05) is 24.8 Å². The zero-order valence-electron chi connectivity index (χ0n) is 8.82. The van der Waals surface area contributed by atoms with Gasteiger partial charge in [-0.25, -0.2) is 4.98 Å². The molecule has 0 amide bonds. The van der Waals surface area contributed by atoms with Crippen molar-refractivity contribution < 1.29 is 0 Å². The Hall–Kier alpha value is -1.09. The van der Waals surface area contributed by atoms with Gasteiger partial charge in [0.2, 0.25) is 0 Å². The quantitative estimate of drug-likeness (QED) is 0.529. The second-order valence-electron chi connectivity index (χ2n) is 3.53. The van der Waals surface area contributed by atoms with Crippen LogP contribution in [0.3, 0.4) is 0 Å². The summed E-state index contributed by atoms with van der Waals surface area (Å²) in [6.45, 7) is 7.98. The monoisotopic (exact) mass is 193 g/mol. The van der Waals surface area contributed by atoms with Crippen LogP contribution in [0.4, 0.5) is 0 Å². The van der Waals surface area contributed by atoms with Gasteiger partial charge in [-0.05, 0) is 26.3 Å². The van der Waals surface area contributed by atoms with E-state index in [0.29, 0.717) is 6.04 Å². The van der Waals surface area contributed by atoms with Gasteiger partial charge in [0.25, 0.3) is 0 Å².